The molecule has 5 rings (SSSR count). The van der Waals surface area contributed by atoms with Gasteiger partial charge in [-0.2, -0.15) is 10.2 Å². The van der Waals surface area contributed by atoms with E-state index in [4.69, 9.17) is 10.2 Å². The number of hydrogen-bond donors (Lipinski definition) is 0. The molecule has 0 aliphatic carbocycles. The number of benzene rings is 2. The van der Waals surface area contributed by atoms with E-state index in [1.807, 2.05) is 77.8 Å². The summed E-state index contributed by atoms with van der Waals surface area (Å²) in [5.74, 6) is 0.0167. The van der Waals surface area contributed by atoms with Crippen molar-refractivity contribution in [2.45, 2.75) is 25.8 Å². The van der Waals surface area contributed by atoms with E-state index < -0.39 is 0 Å². The van der Waals surface area contributed by atoms with Gasteiger partial charge in [0, 0.05) is 30.2 Å². The molecule has 0 saturated heterocycles. The number of amides is 1. The molecule has 1 amide bonds. The van der Waals surface area contributed by atoms with Gasteiger partial charge in [0.15, 0.2) is 0 Å². The van der Waals surface area contributed by atoms with Crippen LogP contribution in [0.5, 0.6) is 0 Å². The Labute approximate surface area is 185 Å². The van der Waals surface area contributed by atoms with E-state index in [1.165, 1.54) is 0 Å². The second-order valence-corrected chi connectivity index (χ2v) is 8.36. The topological polar surface area (TPSA) is 50.5 Å². The molecule has 0 fully saturated rings. The molecule has 6 heteroatoms. The highest BCUT2D eigenvalue weighted by atomic mass is 32.1. The monoisotopic (exact) mass is 426 g/mol. The minimum Gasteiger partial charge on any atom is -0.273 e. The Bertz CT molecular complexity index is 1210. The predicted octanol–water partition coefficient (Wildman–Crippen LogP) is 5.69. The number of hydrazone groups is 1. The van der Waals surface area contributed by atoms with E-state index in [0.29, 0.717) is 12.8 Å². The number of hydrogen-bond acceptors (Lipinski definition) is 4. The van der Waals surface area contributed by atoms with E-state index in [1.54, 1.807) is 16.3 Å². The molecule has 5 nitrogen and oxygen atoms in total. The van der Waals surface area contributed by atoms with Gasteiger partial charge in [-0.05, 0) is 23.6 Å². The SMILES string of the molecule is CCC(=O)N1N=C(c2cccs2)C[C@H]1c1cn(-c2ccccc2)nc1-c1ccccc1. The standard InChI is InChI=1S/C25H22N4OS/c1-2-24(30)29-22(16-21(26-29)23-14-9-15-31-23)20-17-28(19-12-7-4-8-13-19)27-25(20)18-10-5-3-6-11-18/h3-15,17,22H,2,16H2,1H3/t22-/m0/s1. The molecule has 2 aromatic heterocycles. The van der Waals surface area contributed by atoms with Crippen molar-refractivity contribution in [3.63, 3.8) is 0 Å². The minimum atomic E-state index is -0.183. The molecule has 1 aliphatic heterocycles. The zero-order chi connectivity index (χ0) is 21.2. The summed E-state index contributed by atoms with van der Waals surface area (Å²) >= 11 is 1.65. The summed E-state index contributed by atoms with van der Waals surface area (Å²) < 4.78 is 1.90. The third-order valence-corrected chi connectivity index (χ3v) is 6.36. The van der Waals surface area contributed by atoms with E-state index in [-0.39, 0.29) is 11.9 Å². The number of carbonyl (C=O) groups is 1. The van der Waals surface area contributed by atoms with Gasteiger partial charge in [0.1, 0.15) is 0 Å². The Morgan fingerprint density at radius 1 is 1.03 bits per heavy atom. The van der Waals surface area contributed by atoms with Gasteiger partial charge >= 0.3 is 0 Å². The van der Waals surface area contributed by atoms with E-state index >= 15 is 0 Å². The fraction of sp³-hybridized carbons (Fsp3) is 0.160. The van der Waals surface area contributed by atoms with Gasteiger partial charge in [-0.1, -0.05) is 61.5 Å². The molecule has 0 radical (unpaired) electrons. The predicted molar refractivity (Wildman–Crippen MR) is 124 cm³/mol. The fourth-order valence-corrected chi connectivity index (χ4v) is 4.62. The summed E-state index contributed by atoms with van der Waals surface area (Å²) in [4.78, 5) is 13.9. The van der Waals surface area contributed by atoms with Gasteiger partial charge in [0.2, 0.25) is 5.91 Å². The normalized spacial score (nSPS) is 15.8. The second-order valence-electron chi connectivity index (χ2n) is 7.41. The summed E-state index contributed by atoms with van der Waals surface area (Å²) in [6.45, 7) is 1.88. The Morgan fingerprint density at radius 3 is 2.45 bits per heavy atom. The lowest BCUT2D eigenvalue weighted by Crippen LogP contribution is -2.26. The van der Waals surface area contributed by atoms with Crippen LogP contribution in [0.1, 0.15) is 36.2 Å². The van der Waals surface area contributed by atoms with Gasteiger partial charge in [-0.25, -0.2) is 9.69 Å². The van der Waals surface area contributed by atoms with Crippen molar-refractivity contribution in [3.8, 4) is 16.9 Å². The Kier molecular flexibility index (Phi) is 5.22. The summed E-state index contributed by atoms with van der Waals surface area (Å²) in [6.07, 6.45) is 3.13. The molecule has 0 saturated carbocycles. The molecule has 1 atom stereocenters. The van der Waals surface area contributed by atoms with Crippen LogP contribution in [0, 0.1) is 0 Å². The lowest BCUT2D eigenvalue weighted by molar-refractivity contribution is -0.132. The average molecular weight is 427 g/mol. The smallest absolute Gasteiger partial charge is 0.242 e. The molecule has 0 unspecified atom stereocenters. The molecule has 31 heavy (non-hydrogen) atoms. The van der Waals surface area contributed by atoms with Crippen LogP contribution >= 0.6 is 11.3 Å². The molecule has 3 heterocycles. The van der Waals surface area contributed by atoms with Gasteiger partial charge < -0.3 is 0 Å². The van der Waals surface area contributed by atoms with Crippen molar-refractivity contribution >= 4 is 23.0 Å². The third-order valence-electron chi connectivity index (χ3n) is 5.44. The van der Waals surface area contributed by atoms with E-state index in [0.717, 1.165) is 33.1 Å². The van der Waals surface area contributed by atoms with Crippen LogP contribution in [0.3, 0.4) is 0 Å². The second kappa shape index (κ2) is 8.32. The average Bonchev–Trinajstić information content (AvgIpc) is 3.58. The number of rotatable bonds is 5. The highest BCUT2D eigenvalue weighted by molar-refractivity contribution is 7.12. The van der Waals surface area contributed by atoms with Crippen LogP contribution in [0.25, 0.3) is 16.9 Å². The van der Waals surface area contributed by atoms with Crippen LogP contribution < -0.4 is 0 Å². The van der Waals surface area contributed by atoms with Gasteiger partial charge in [0.25, 0.3) is 0 Å². The maximum Gasteiger partial charge on any atom is 0.242 e. The summed E-state index contributed by atoms with van der Waals surface area (Å²) in [6, 6.07) is 24.1. The molecule has 2 aromatic carbocycles. The fourth-order valence-electron chi connectivity index (χ4n) is 3.90. The molecular weight excluding hydrogens is 404 g/mol. The first-order valence-electron chi connectivity index (χ1n) is 10.4. The van der Waals surface area contributed by atoms with Crippen molar-refractivity contribution in [2.75, 3.05) is 0 Å². The lowest BCUT2D eigenvalue weighted by Gasteiger charge is -2.21. The van der Waals surface area contributed by atoms with E-state index in [2.05, 4.69) is 18.2 Å². The first-order valence-corrected chi connectivity index (χ1v) is 11.3. The van der Waals surface area contributed by atoms with Crippen molar-refractivity contribution in [1.29, 1.82) is 0 Å². The Morgan fingerprint density at radius 2 is 1.77 bits per heavy atom. The Balaban J connectivity index is 1.62. The van der Waals surface area contributed by atoms with Crippen molar-refractivity contribution in [3.05, 3.63) is 94.8 Å². The highest BCUT2D eigenvalue weighted by Crippen LogP contribution is 2.39. The number of para-hydroxylation sites is 1. The summed E-state index contributed by atoms with van der Waals surface area (Å²) in [5, 5.41) is 13.4. The molecule has 0 N–H and O–H groups in total. The molecule has 0 bridgehead atoms. The van der Waals surface area contributed by atoms with Crippen molar-refractivity contribution < 1.29 is 4.79 Å². The van der Waals surface area contributed by atoms with Gasteiger partial charge in [-0.3, -0.25) is 4.79 Å². The van der Waals surface area contributed by atoms with Gasteiger partial charge in [0.05, 0.1) is 28.0 Å². The van der Waals surface area contributed by atoms with Crippen LogP contribution in [-0.2, 0) is 4.79 Å². The van der Waals surface area contributed by atoms with Crippen LogP contribution in [0.4, 0.5) is 0 Å². The van der Waals surface area contributed by atoms with Crippen molar-refractivity contribution in [1.82, 2.24) is 14.8 Å². The maximum atomic E-state index is 12.8. The quantitative estimate of drug-likeness (QED) is 0.412. The highest BCUT2D eigenvalue weighted by Gasteiger charge is 2.35. The molecule has 1 aliphatic rings. The first kappa shape index (κ1) is 19.5. The largest absolute Gasteiger partial charge is 0.273 e. The zero-order valence-corrected chi connectivity index (χ0v) is 18.0. The van der Waals surface area contributed by atoms with Crippen LogP contribution in [-0.4, -0.2) is 26.4 Å². The van der Waals surface area contributed by atoms with Gasteiger partial charge in [-0.15, -0.1) is 11.3 Å². The zero-order valence-electron chi connectivity index (χ0n) is 17.2. The lowest BCUT2D eigenvalue weighted by atomic mass is 9.98. The first-order chi connectivity index (χ1) is 15.2. The molecular formula is C25H22N4OS. The number of thiophene rings is 1. The molecule has 0 spiro atoms. The van der Waals surface area contributed by atoms with Crippen molar-refractivity contribution in [2.24, 2.45) is 5.10 Å². The molecule has 4 aromatic rings. The maximum absolute atomic E-state index is 12.8. The number of carbonyl (C=O) groups excluding carboxylic acids is 1. The summed E-state index contributed by atoms with van der Waals surface area (Å²) in [7, 11) is 0. The van der Waals surface area contributed by atoms with Crippen LogP contribution in [0.2, 0.25) is 0 Å². The number of aromatic nitrogens is 2. The van der Waals surface area contributed by atoms with E-state index in [9.17, 15) is 4.79 Å². The summed E-state index contributed by atoms with van der Waals surface area (Å²) in [5.41, 5.74) is 4.85. The minimum absolute atomic E-state index is 0.0167. The van der Waals surface area contributed by atoms with Crippen LogP contribution in [0.15, 0.2) is 89.5 Å². The molecule has 154 valence electrons. The Hall–Kier alpha value is -3.51. The number of nitrogens with zero attached hydrogens (tertiary/aromatic N) is 4. The third kappa shape index (κ3) is 3.70.